The first kappa shape index (κ1) is 21.0. The number of amides is 2. The van der Waals surface area contributed by atoms with Crippen LogP contribution < -0.4 is 15.4 Å². The predicted molar refractivity (Wildman–Crippen MR) is 102 cm³/mol. The molecular weight excluding hydrogens is 332 g/mol. The fraction of sp³-hybridized carbons (Fsp3) is 0.300. The van der Waals surface area contributed by atoms with Crippen molar-refractivity contribution in [3.8, 4) is 5.75 Å². The van der Waals surface area contributed by atoms with Crippen LogP contribution in [0.5, 0.6) is 5.75 Å². The number of rotatable bonds is 3. The molecule has 6 nitrogen and oxygen atoms in total. The van der Waals surface area contributed by atoms with Crippen molar-refractivity contribution in [2.75, 3.05) is 7.05 Å². The summed E-state index contributed by atoms with van der Waals surface area (Å²) in [7, 11) is 1.53. The van der Waals surface area contributed by atoms with E-state index in [1.807, 2.05) is 58.0 Å². The Morgan fingerprint density at radius 2 is 1.50 bits per heavy atom. The summed E-state index contributed by atoms with van der Waals surface area (Å²) >= 11 is 0. The summed E-state index contributed by atoms with van der Waals surface area (Å²) in [5.74, 6) is 0.572. The maximum atomic E-state index is 10.8. The average molecular weight is 358 g/mol. The van der Waals surface area contributed by atoms with Crippen LogP contribution in [0.2, 0.25) is 0 Å². The van der Waals surface area contributed by atoms with Crippen LogP contribution in [0.25, 0.3) is 0 Å². The van der Waals surface area contributed by atoms with Gasteiger partial charge >= 0.3 is 12.2 Å². The molecule has 2 rings (SSSR count). The number of carboxylic acid groups (broad SMARTS) is 1. The van der Waals surface area contributed by atoms with Gasteiger partial charge in [-0.15, -0.1) is 0 Å². The Bertz CT molecular complexity index is 772. The van der Waals surface area contributed by atoms with Crippen LogP contribution >= 0.6 is 0 Å². The highest BCUT2D eigenvalue weighted by Gasteiger charge is 2.01. The largest absolute Gasteiger partial charge is 0.465 e. The molecule has 2 amide bonds. The Hall–Kier alpha value is -3.02. The number of nitrogens with one attached hydrogen (secondary N) is 2. The molecule has 0 unspecified atom stereocenters. The first-order valence-electron chi connectivity index (χ1n) is 8.22. The lowest BCUT2D eigenvalue weighted by Gasteiger charge is -2.05. The molecule has 6 heteroatoms. The standard InChI is InChI=1S/2C10H13NO2/c1-7-4-5-9(6-8(7)2)13-10(12)11-3;1-7-3-4-9(5-8(7)2)6-11-10(12)13/h4-6H,1-3H3,(H,11,12);3-5,11H,6H2,1-2H3,(H,12,13). The molecular formula is C20H26N2O4. The van der Waals surface area contributed by atoms with Crippen LogP contribution in [0.3, 0.4) is 0 Å². The van der Waals surface area contributed by atoms with E-state index in [-0.39, 0.29) is 0 Å². The van der Waals surface area contributed by atoms with E-state index in [0.717, 1.165) is 11.1 Å². The molecule has 0 aliphatic rings. The van der Waals surface area contributed by atoms with Crippen molar-refractivity contribution in [1.82, 2.24) is 10.6 Å². The molecule has 0 spiro atoms. The second-order valence-corrected chi connectivity index (χ2v) is 5.96. The van der Waals surface area contributed by atoms with E-state index in [0.29, 0.717) is 12.3 Å². The van der Waals surface area contributed by atoms with Gasteiger partial charge < -0.3 is 20.5 Å². The van der Waals surface area contributed by atoms with Crippen LogP contribution in [0.1, 0.15) is 27.8 Å². The third-order valence-corrected chi connectivity index (χ3v) is 3.91. The Balaban J connectivity index is 0.000000260. The zero-order valence-corrected chi connectivity index (χ0v) is 15.8. The van der Waals surface area contributed by atoms with Gasteiger partial charge in [-0.25, -0.2) is 9.59 Å². The molecule has 0 bridgehead atoms. The van der Waals surface area contributed by atoms with Gasteiger partial charge in [0.25, 0.3) is 0 Å². The quantitative estimate of drug-likeness (QED) is 0.771. The number of hydrogen-bond acceptors (Lipinski definition) is 3. The van der Waals surface area contributed by atoms with E-state index in [1.54, 1.807) is 6.07 Å². The van der Waals surface area contributed by atoms with Crippen molar-refractivity contribution < 1.29 is 19.4 Å². The fourth-order valence-corrected chi connectivity index (χ4v) is 2.03. The lowest BCUT2D eigenvalue weighted by molar-refractivity contribution is 0.194. The smallest absolute Gasteiger partial charge is 0.412 e. The minimum Gasteiger partial charge on any atom is -0.465 e. The third-order valence-electron chi connectivity index (χ3n) is 3.91. The maximum absolute atomic E-state index is 10.8. The van der Waals surface area contributed by atoms with Crippen molar-refractivity contribution in [2.24, 2.45) is 0 Å². The van der Waals surface area contributed by atoms with Gasteiger partial charge in [-0.3, -0.25) is 0 Å². The van der Waals surface area contributed by atoms with Crippen LogP contribution in [0.15, 0.2) is 36.4 Å². The van der Waals surface area contributed by atoms with Crippen molar-refractivity contribution in [3.05, 3.63) is 64.2 Å². The van der Waals surface area contributed by atoms with Gasteiger partial charge in [-0.05, 0) is 67.6 Å². The van der Waals surface area contributed by atoms with Crippen molar-refractivity contribution in [3.63, 3.8) is 0 Å². The normalized spacial score (nSPS) is 9.58. The Labute approximate surface area is 154 Å². The Morgan fingerprint density at radius 3 is 2.00 bits per heavy atom. The first-order chi connectivity index (χ1) is 12.2. The number of aryl methyl sites for hydroxylation is 4. The molecule has 2 aromatic rings. The van der Waals surface area contributed by atoms with Gasteiger partial charge in [-0.1, -0.05) is 24.3 Å². The van der Waals surface area contributed by atoms with E-state index < -0.39 is 12.2 Å². The number of carbonyl (C=O) groups is 2. The molecule has 0 fully saturated rings. The zero-order valence-electron chi connectivity index (χ0n) is 15.8. The van der Waals surface area contributed by atoms with E-state index in [9.17, 15) is 9.59 Å². The number of hydrogen-bond donors (Lipinski definition) is 3. The molecule has 2 aromatic carbocycles. The van der Waals surface area contributed by atoms with Gasteiger partial charge in [0, 0.05) is 13.6 Å². The average Bonchev–Trinajstić information content (AvgIpc) is 2.59. The summed E-state index contributed by atoms with van der Waals surface area (Å²) in [5.41, 5.74) is 5.69. The van der Waals surface area contributed by atoms with Crippen LogP contribution in [-0.2, 0) is 6.54 Å². The van der Waals surface area contributed by atoms with Gasteiger partial charge in [0.1, 0.15) is 5.75 Å². The van der Waals surface area contributed by atoms with Crippen molar-refractivity contribution >= 4 is 12.2 Å². The van der Waals surface area contributed by atoms with Gasteiger partial charge in [-0.2, -0.15) is 0 Å². The highest BCUT2D eigenvalue weighted by atomic mass is 16.5. The summed E-state index contributed by atoms with van der Waals surface area (Å²) in [6.07, 6.45) is -1.43. The highest BCUT2D eigenvalue weighted by Crippen LogP contribution is 2.16. The molecule has 0 aromatic heterocycles. The summed E-state index contributed by atoms with van der Waals surface area (Å²) in [6.45, 7) is 8.41. The maximum Gasteiger partial charge on any atom is 0.412 e. The zero-order chi connectivity index (χ0) is 19.7. The molecule has 140 valence electrons. The monoisotopic (exact) mass is 358 g/mol. The molecule has 0 heterocycles. The van der Waals surface area contributed by atoms with Gasteiger partial charge in [0.05, 0.1) is 0 Å². The summed E-state index contributed by atoms with van der Waals surface area (Å²) in [5, 5.41) is 13.1. The minimum absolute atomic E-state index is 0.371. The van der Waals surface area contributed by atoms with Crippen molar-refractivity contribution in [1.29, 1.82) is 0 Å². The van der Waals surface area contributed by atoms with Crippen molar-refractivity contribution in [2.45, 2.75) is 34.2 Å². The van der Waals surface area contributed by atoms with E-state index >= 15 is 0 Å². The van der Waals surface area contributed by atoms with E-state index in [2.05, 4.69) is 10.6 Å². The van der Waals surface area contributed by atoms with E-state index in [1.165, 1.54) is 23.7 Å². The second kappa shape index (κ2) is 10.1. The molecule has 0 atom stereocenters. The molecule has 26 heavy (non-hydrogen) atoms. The van der Waals surface area contributed by atoms with Gasteiger partial charge in [0.2, 0.25) is 0 Å². The third kappa shape index (κ3) is 7.25. The summed E-state index contributed by atoms with van der Waals surface area (Å²) in [4.78, 5) is 21.1. The molecule has 3 N–H and O–H groups in total. The highest BCUT2D eigenvalue weighted by molar-refractivity contribution is 5.70. The van der Waals surface area contributed by atoms with Gasteiger partial charge in [0.15, 0.2) is 0 Å². The topological polar surface area (TPSA) is 87.7 Å². The van der Waals surface area contributed by atoms with Crippen LogP contribution in [0.4, 0.5) is 9.59 Å². The van der Waals surface area contributed by atoms with E-state index in [4.69, 9.17) is 9.84 Å². The predicted octanol–water partition coefficient (Wildman–Crippen LogP) is 4.09. The first-order valence-corrected chi connectivity index (χ1v) is 8.22. The molecule has 0 aliphatic heterocycles. The Morgan fingerprint density at radius 1 is 0.923 bits per heavy atom. The lowest BCUT2D eigenvalue weighted by atomic mass is 10.1. The fourth-order valence-electron chi connectivity index (χ4n) is 2.03. The molecule has 0 aliphatic carbocycles. The van der Waals surface area contributed by atoms with Crippen LogP contribution in [-0.4, -0.2) is 24.3 Å². The summed E-state index contributed by atoms with van der Waals surface area (Å²) in [6, 6.07) is 11.5. The number of benzene rings is 2. The van der Waals surface area contributed by atoms with Crippen LogP contribution in [0, 0.1) is 27.7 Å². The Kier molecular flexibility index (Phi) is 8.15. The lowest BCUT2D eigenvalue weighted by Crippen LogP contribution is -2.22. The minimum atomic E-state index is -0.988. The number of carbonyl (C=O) groups excluding carboxylic acids is 1. The molecule has 0 saturated heterocycles. The number of ether oxygens (including phenoxy) is 1. The second-order valence-electron chi connectivity index (χ2n) is 5.96. The summed E-state index contributed by atoms with van der Waals surface area (Å²) < 4.78 is 4.95. The molecule has 0 saturated carbocycles. The SMILES string of the molecule is CNC(=O)Oc1ccc(C)c(C)c1.Cc1ccc(CNC(=O)O)cc1C. The molecule has 0 radical (unpaired) electrons.